The van der Waals surface area contributed by atoms with Crippen molar-refractivity contribution in [1.29, 1.82) is 0 Å². The van der Waals surface area contributed by atoms with Crippen LogP contribution in [0.15, 0.2) is 17.0 Å². The average molecular weight is 183 g/mol. The Balaban J connectivity index is 2.41. The summed E-state index contributed by atoms with van der Waals surface area (Å²) in [4.78, 5) is 0. The van der Waals surface area contributed by atoms with Gasteiger partial charge in [-0.05, 0) is 31.8 Å². The minimum Gasteiger partial charge on any atom is -0.492 e. The first kappa shape index (κ1) is 10.1. The van der Waals surface area contributed by atoms with Crippen molar-refractivity contribution in [2.45, 2.75) is 39.0 Å². The van der Waals surface area contributed by atoms with E-state index in [1.165, 1.54) is 0 Å². The highest BCUT2D eigenvalue weighted by Gasteiger charge is 2.12. The fourth-order valence-corrected chi connectivity index (χ4v) is 1.31. The van der Waals surface area contributed by atoms with Crippen LogP contribution in [0.5, 0.6) is 0 Å². The summed E-state index contributed by atoms with van der Waals surface area (Å²) in [6.45, 7) is 2.85. The molecular formula is C10H17NO2. The van der Waals surface area contributed by atoms with Gasteiger partial charge < -0.3 is 9.94 Å². The molecule has 0 aromatic rings. The van der Waals surface area contributed by atoms with Crippen LogP contribution < -0.4 is 0 Å². The van der Waals surface area contributed by atoms with Gasteiger partial charge in [0, 0.05) is 0 Å². The van der Waals surface area contributed by atoms with Crippen molar-refractivity contribution in [3.05, 3.63) is 11.8 Å². The topological polar surface area (TPSA) is 41.8 Å². The number of ether oxygens (including phenoxy) is 1. The molecule has 0 spiro atoms. The quantitative estimate of drug-likeness (QED) is 0.413. The van der Waals surface area contributed by atoms with E-state index in [2.05, 4.69) is 12.1 Å². The van der Waals surface area contributed by atoms with E-state index in [0.717, 1.165) is 44.5 Å². The molecule has 0 amide bonds. The molecule has 3 nitrogen and oxygen atoms in total. The van der Waals surface area contributed by atoms with Crippen molar-refractivity contribution in [3.8, 4) is 0 Å². The summed E-state index contributed by atoms with van der Waals surface area (Å²) in [6.07, 6.45) is 7.10. The normalized spacial score (nSPS) is 20.1. The van der Waals surface area contributed by atoms with E-state index in [1.54, 1.807) is 0 Å². The van der Waals surface area contributed by atoms with Gasteiger partial charge in [0.25, 0.3) is 0 Å². The number of oxime groups is 1. The molecule has 0 heterocycles. The van der Waals surface area contributed by atoms with Gasteiger partial charge in [-0.15, -0.1) is 0 Å². The van der Waals surface area contributed by atoms with Crippen molar-refractivity contribution in [2.75, 3.05) is 6.61 Å². The lowest BCUT2D eigenvalue weighted by Gasteiger charge is -2.14. The fourth-order valence-electron chi connectivity index (χ4n) is 1.31. The van der Waals surface area contributed by atoms with Crippen LogP contribution in [-0.2, 0) is 4.74 Å². The number of nitrogens with zero attached hydrogens (tertiary/aromatic N) is 1. The molecule has 0 unspecified atom stereocenters. The molecule has 1 N–H and O–H groups in total. The molecule has 0 atom stereocenters. The van der Waals surface area contributed by atoms with Crippen molar-refractivity contribution < 1.29 is 9.94 Å². The van der Waals surface area contributed by atoms with Gasteiger partial charge in [-0.1, -0.05) is 18.5 Å². The molecule has 74 valence electrons. The molecule has 13 heavy (non-hydrogen) atoms. The zero-order valence-corrected chi connectivity index (χ0v) is 8.12. The van der Waals surface area contributed by atoms with Crippen molar-refractivity contribution in [2.24, 2.45) is 5.16 Å². The van der Waals surface area contributed by atoms with Gasteiger partial charge in [-0.2, -0.15) is 0 Å². The van der Waals surface area contributed by atoms with Crippen LogP contribution in [0, 0.1) is 0 Å². The molecule has 1 aliphatic carbocycles. The summed E-state index contributed by atoms with van der Waals surface area (Å²) in [5, 5.41) is 11.9. The largest absolute Gasteiger partial charge is 0.492 e. The Labute approximate surface area is 79.1 Å². The Hall–Kier alpha value is -0.990. The Bertz CT molecular complexity index is 209. The van der Waals surface area contributed by atoms with Gasteiger partial charge in [0.1, 0.15) is 11.5 Å². The molecule has 1 rings (SSSR count). The zero-order valence-electron chi connectivity index (χ0n) is 8.12. The lowest BCUT2D eigenvalue weighted by molar-refractivity contribution is 0.218. The Morgan fingerprint density at radius 1 is 1.62 bits per heavy atom. The molecule has 0 saturated carbocycles. The van der Waals surface area contributed by atoms with E-state index < -0.39 is 0 Å². The summed E-state index contributed by atoms with van der Waals surface area (Å²) < 4.78 is 5.50. The van der Waals surface area contributed by atoms with Crippen molar-refractivity contribution in [3.63, 3.8) is 0 Å². The smallest absolute Gasteiger partial charge is 0.140 e. The molecule has 0 radical (unpaired) electrons. The van der Waals surface area contributed by atoms with Crippen molar-refractivity contribution >= 4 is 5.71 Å². The summed E-state index contributed by atoms with van der Waals surface area (Å²) in [7, 11) is 0. The molecule has 3 heteroatoms. The molecule has 0 bridgehead atoms. The summed E-state index contributed by atoms with van der Waals surface area (Å²) >= 11 is 0. The number of hydrogen-bond acceptors (Lipinski definition) is 3. The third-order valence-corrected chi connectivity index (χ3v) is 2.11. The molecule has 0 aromatic carbocycles. The zero-order chi connectivity index (χ0) is 9.52. The monoisotopic (exact) mass is 183 g/mol. The van der Waals surface area contributed by atoms with E-state index in [0.29, 0.717) is 5.71 Å². The number of allylic oxidation sites excluding steroid dienone is 2. The minimum absolute atomic E-state index is 0.697. The van der Waals surface area contributed by atoms with Gasteiger partial charge in [0.2, 0.25) is 0 Å². The lowest BCUT2D eigenvalue weighted by Crippen LogP contribution is -2.11. The second kappa shape index (κ2) is 5.62. The SMILES string of the molecule is CCCCOC1=CCCCC1=NO. The second-order valence-corrected chi connectivity index (χ2v) is 3.21. The average Bonchev–Trinajstić information content (AvgIpc) is 2.19. The molecule has 1 aliphatic rings. The predicted molar refractivity (Wildman–Crippen MR) is 52.0 cm³/mol. The van der Waals surface area contributed by atoms with E-state index in [1.807, 2.05) is 6.08 Å². The second-order valence-electron chi connectivity index (χ2n) is 3.21. The van der Waals surface area contributed by atoms with Gasteiger partial charge in [0.15, 0.2) is 0 Å². The number of hydrogen-bond donors (Lipinski definition) is 1. The van der Waals surface area contributed by atoms with Crippen LogP contribution in [0.3, 0.4) is 0 Å². The molecule has 0 saturated heterocycles. The van der Waals surface area contributed by atoms with E-state index in [4.69, 9.17) is 9.94 Å². The highest BCUT2D eigenvalue weighted by Crippen LogP contribution is 2.16. The van der Waals surface area contributed by atoms with Gasteiger partial charge in [-0.3, -0.25) is 0 Å². The van der Waals surface area contributed by atoms with E-state index in [9.17, 15) is 0 Å². The Kier molecular flexibility index (Phi) is 4.36. The maximum absolute atomic E-state index is 8.69. The molecular weight excluding hydrogens is 166 g/mol. The molecule has 0 fully saturated rings. The maximum Gasteiger partial charge on any atom is 0.140 e. The van der Waals surface area contributed by atoms with Crippen LogP contribution in [0.4, 0.5) is 0 Å². The first-order valence-corrected chi connectivity index (χ1v) is 4.92. The summed E-state index contributed by atoms with van der Waals surface area (Å²) in [5.74, 6) is 0.780. The molecule has 0 aliphatic heterocycles. The number of rotatable bonds is 4. The fraction of sp³-hybridized carbons (Fsp3) is 0.700. The van der Waals surface area contributed by atoms with E-state index >= 15 is 0 Å². The van der Waals surface area contributed by atoms with Gasteiger partial charge >= 0.3 is 0 Å². The van der Waals surface area contributed by atoms with Gasteiger partial charge in [-0.25, -0.2) is 0 Å². The Morgan fingerprint density at radius 2 is 2.46 bits per heavy atom. The summed E-state index contributed by atoms with van der Waals surface area (Å²) in [6, 6.07) is 0. The molecule has 0 aromatic heterocycles. The van der Waals surface area contributed by atoms with Crippen LogP contribution >= 0.6 is 0 Å². The maximum atomic E-state index is 8.69. The van der Waals surface area contributed by atoms with Crippen LogP contribution in [0.25, 0.3) is 0 Å². The highest BCUT2D eigenvalue weighted by atomic mass is 16.5. The van der Waals surface area contributed by atoms with Crippen LogP contribution in [0.1, 0.15) is 39.0 Å². The van der Waals surface area contributed by atoms with Crippen LogP contribution in [-0.4, -0.2) is 17.5 Å². The number of unbranched alkanes of at least 4 members (excludes halogenated alkanes) is 1. The highest BCUT2D eigenvalue weighted by molar-refractivity contribution is 5.98. The summed E-state index contributed by atoms with van der Waals surface area (Å²) in [5.41, 5.74) is 0.697. The third-order valence-electron chi connectivity index (χ3n) is 2.11. The van der Waals surface area contributed by atoms with E-state index in [-0.39, 0.29) is 0 Å². The Morgan fingerprint density at radius 3 is 3.15 bits per heavy atom. The minimum atomic E-state index is 0.697. The van der Waals surface area contributed by atoms with Gasteiger partial charge in [0.05, 0.1) is 6.61 Å². The third kappa shape index (κ3) is 3.09. The standard InChI is InChI=1S/C10H17NO2/c1-2-3-8-13-10-7-5-4-6-9(10)11-12/h7,12H,2-6,8H2,1H3. The predicted octanol–water partition coefficient (Wildman–Crippen LogP) is 2.70. The lowest BCUT2D eigenvalue weighted by atomic mass is 10.0. The van der Waals surface area contributed by atoms with Crippen LogP contribution in [0.2, 0.25) is 0 Å². The van der Waals surface area contributed by atoms with Crippen molar-refractivity contribution in [1.82, 2.24) is 0 Å². The first-order valence-electron chi connectivity index (χ1n) is 4.92. The first-order chi connectivity index (χ1) is 6.38.